The van der Waals surface area contributed by atoms with E-state index in [1.165, 1.54) is 27.4 Å². The van der Waals surface area contributed by atoms with Gasteiger partial charge < -0.3 is 10.3 Å². The molecule has 0 amide bonds. The first-order valence-corrected chi connectivity index (χ1v) is 7.93. The lowest BCUT2D eigenvalue weighted by Crippen LogP contribution is -2.18. The van der Waals surface area contributed by atoms with Crippen LogP contribution < -0.4 is 5.73 Å². The Hall–Kier alpha value is -1.51. The number of rotatable bonds is 4. The minimum atomic E-state index is 0. The van der Waals surface area contributed by atoms with Crippen LogP contribution in [0.2, 0.25) is 0 Å². The molecular weight excluding hydrogens is 292 g/mol. The number of benzene rings is 2. The third-order valence-corrected chi connectivity index (χ3v) is 4.75. The third-order valence-electron chi connectivity index (χ3n) is 4.75. The maximum Gasteiger partial charge on any atom is 0.0491 e. The Bertz CT molecular complexity index is 776. The monoisotopic (exact) mass is 316 g/mol. The van der Waals surface area contributed by atoms with Gasteiger partial charge in [-0.05, 0) is 36.6 Å². The Morgan fingerprint density at radius 1 is 1.00 bits per heavy atom. The maximum atomic E-state index is 6.42. The summed E-state index contributed by atoms with van der Waals surface area (Å²) in [5.74, 6) is 0.502. The van der Waals surface area contributed by atoms with Crippen LogP contribution in [0.5, 0.6) is 0 Å². The quantitative estimate of drug-likeness (QED) is 0.697. The summed E-state index contributed by atoms with van der Waals surface area (Å²) in [6, 6.07) is 15.5. The minimum Gasteiger partial charge on any atom is -0.341 e. The molecule has 3 heteroatoms. The van der Waals surface area contributed by atoms with E-state index < -0.39 is 0 Å². The van der Waals surface area contributed by atoms with Crippen molar-refractivity contribution in [1.29, 1.82) is 0 Å². The smallest absolute Gasteiger partial charge is 0.0491 e. The predicted octanol–water partition coefficient (Wildman–Crippen LogP) is 5.28. The predicted molar refractivity (Wildman–Crippen MR) is 98.7 cm³/mol. The van der Waals surface area contributed by atoms with Crippen LogP contribution in [-0.2, 0) is 6.54 Å². The zero-order chi connectivity index (χ0) is 15.0. The lowest BCUT2D eigenvalue weighted by molar-refractivity contribution is 0.457. The Morgan fingerprint density at radius 2 is 1.68 bits per heavy atom. The first kappa shape index (κ1) is 16.9. The highest BCUT2D eigenvalue weighted by Gasteiger charge is 2.15. The summed E-state index contributed by atoms with van der Waals surface area (Å²) < 4.78 is 2.38. The van der Waals surface area contributed by atoms with Crippen molar-refractivity contribution in [2.75, 3.05) is 0 Å². The number of fused-ring (bicyclic) bond motifs is 3. The zero-order valence-corrected chi connectivity index (χ0v) is 14.4. The highest BCUT2D eigenvalue weighted by Crippen LogP contribution is 2.32. The highest BCUT2D eigenvalue weighted by molar-refractivity contribution is 6.08. The standard InChI is InChI=1S/C19H24N2.ClH/c1-4-13(3)19(20)14-10-11-18-16(12-14)15-8-6-7-9-17(15)21(18)5-2;/h6-13,19H,4-5,20H2,1-3H3;1H/t13?,19-;/m1./s1. The third kappa shape index (κ3) is 2.62. The van der Waals surface area contributed by atoms with Gasteiger partial charge in [0.1, 0.15) is 0 Å². The molecule has 0 aliphatic heterocycles. The van der Waals surface area contributed by atoms with Gasteiger partial charge in [-0.2, -0.15) is 0 Å². The number of para-hydroxylation sites is 1. The van der Waals surface area contributed by atoms with Crippen LogP contribution in [0.3, 0.4) is 0 Å². The van der Waals surface area contributed by atoms with E-state index in [2.05, 4.69) is 67.8 Å². The van der Waals surface area contributed by atoms with E-state index in [9.17, 15) is 0 Å². The van der Waals surface area contributed by atoms with Crippen molar-refractivity contribution in [3.05, 3.63) is 48.0 Å². The number of halogens is 1. The number of hydrogen-bond donors (Lipinski definition) is 1. The first-order valence-electron chi connectivity index (χ1n) is 7.93. The van der Waals surface area contributed by atoms with Crippen molar-refractivity contribution in [2.24, 2.45) is 11.7 Å². The van der Waals surface area contributed by atoms with Crippen molar-refractivity contribution in [3.8, 4) is 0 Å². The maximum absolute atomic E-state index is 6.42. The molecule has 2 atom stereocenters. The van der Waals surface area contributed by atoms with Crippen molar-refractivity contribution >= 4 is 34.2 Å². The second-order valence-corrected chi connectivity index (χ2v) is 5.95. The molecule has 1 unspecified atom stereocenters. The van der Waals surface area contributed by atoms with Gasteiger partial charge in [-0.3, -0.25) is 0 Å². The molecular formula is C19H25ClN2. The molecule has 0 saturated heterocycles. The lowest BCUT2D eigenvalue weighted by atomic mass is 9.92. The number of nitrogens with zero attached hydrogens (tertiary/aromatic N) is 1. The normalized spacial score (nSPS) is 14.0. The van der Waals surface area contributed by atoms with Crippen LogP contribution in [0.4, 0.5) is 0 Å². The van der Waals surface area contributed by atoms with Gasteiger partial charge in [0.05, 0.1) is 0 Å². The van der Waals surface area contributed by atoms with E-state index in [-0.39, 0.29) is 18.4 Å². The number of aromatic nitrogens is 1. The molecule has 2 N–H and O–H groups in total. The van der Waals surface area contributed by atoms with Crippen molar-refractivity contribution in [1.82, 2.24) is 4.57 Å². The molecule has 2 aromatic carbocycles. The average Bonchev–Trinajstić information content (AvgIpc) is 2.86. The number of aryl methyl sites for hydroxylation is 1. The molecule has 0 saturated carbocycles. The molecule has 0 bridgehead atoms. The second-order valence-electron chi connectivity index (χ2n) is 5.95. The van der Waals surface area contributed by atoms with Crippen LogP contribution in [0.15, 0.2) is 42.5 Å². The van der Waals surface area contributed by atoms with Crippen molar-refractivity contribution in [2.45, 2.75) is 39.8 Å². The molecule has 0 fully saturated rings. The van der Waals surface area contributed by atoms with E-state index >= 15 is 0 Å². The van der Waals surface area contributed by atoms with Crippen molar-refractivity contribution in [3.63, 3.8) is 0 Å². The van der Waals surface area contributed by atoms with E-state index in [1.807, 2.05) is 0 Å². The van der Waals surface area contributed by atoms with Crippen LogP contribution in [0.25, 0.3) is 21.8 Å². The van der Waals surface area contributed by atoms with Gasteiger partial charge in [-0.1, -0.05) is 44.5 Å². The Labute approximate surface area is 138 Å². The highest BCUT2D eigenvalue weighted by atomic mass is 35.5. The molecule has 0 spiro atoms. The number of nitrogens with two attached hydrogens (primary N) is 1. The van der Waals surface area contributed by atoms with Gasteiger partial charge in [0, 0.05) is 34.4 Å². The summed E-state index contributed by atoms with van der Waals surface area (Å²) in [6.07, 6.45) is 1.11. The van der Waals surface area contributed by atoms with Gasteiger partial charge in [0.2, 0.25) is 0 Å². The van der Waals surface area contributed by atoms with E-state index in [0.717, 1.165) is 13.0 Å². The molecule has 2 nitrogen and oxygen atoms in total. The average molecular weight is 317 g/mol. The fraction of sp³-hybridized carbons (Fsp3) is 0.368. The topological polar surface area (TPSA) is 30.9 Å². The van der Waals surface area contributed by atoms with Gasteiger partial charge in [0.25, 0.3) is 0 Å². The summed E-state index contributed by atoms with van der Waals surface area (Å²) in [6.45, 7) is 7.61. The second kappa shape index (κ2) is 6.72. The fourth-order valence-electron chi connectivity index (χ4n) is 3.20. The summed E-state index contributed by atoms with van der Waals surface area (Å²) in [5, 5.41) is 2.65. The fourth-order valence-corrected chi connectivity index (χ4v) is 3.20. The Balaban J connectivity index is 0.00000176. The summed E-state index contributed by atoms with van der Waals surface area (Å²) >= 11 is 0. The van der Waals surface area contributed by atoms with Crippen LogP contribution >= 0.6 is 12.4 Å². The molecule has 3 aromatic rings. The SMILES string of the molecule is CCC(C)[C@@H](N)c1ccc2c(c1)c1ccccc1n2CC.Cl. The number of hydrogen-bond acceptors (Lipinski definition) is 1. The van der Waals surface area contributed by atoms with Crippen LogP contribution in [0, 0.1) is 5.92 Å². The van der Waals surface area contributed by atoms with E-state index in [4.69, 9.17) is 5.73 Å². The van der Waals surface area contributed by atoms with Gasteiger partial charge >= 0.3 is 0 Å². The van der Waals surface area contributed by atoms with Gasteiger partial charge in [-0.15, -0.1) is 12.4 Å². The van der Waals surface area contributed by atoms with Gasteiger partial charge in [-0.25, -0.2) is 0 Å². The molecule has 0 aliphatic rings. The molecule has 0 radical (unpaired) electrons. The lowest BCUT2D eigenvalue weighted by Gasteiger charge is -2.19. The zero-order valence-electron chi connectivity index (χ0n) is 13.5. The molecule has 1 aromatic heterocycles. The van der Waals surface area contributed by atoms with Gasteiger partial charge in [0.15, 0.2) is 0 Å². The molecule has 3 rings (SSSR count). The molecule has 0 aliphatic carbocycles. The Morgan fingerprint density at radius 3 is 2.36 bits per heavy atom. The minimum absolute atomic E-state index is 0. The summed E-state index contributed by atoms with van der Waals surface area (Å²) in [7, 11) is 0. The molecule has 1 heterocycles. The first-order chi connectivity index (χ1) is 10.2. The van der Waals surface area contributed by atoms with Crippen LogP contribution in [0.1, 0.15) is 38.8 Å². The van der Waals surface area contributed by atoms with Crippen molar-refractivity contribution < 1.29 is 0 Å². The largest absolute Gasteiger partial charge is 0.341 e. The summed E-state index contributed by atoms with van der Waals surface area (Å²) in [5.41, 5.74) is 10.3. The van der Waals surface area contributed by atoms with E-state index in [0.29, 0.717) is 5.92 Å². The molecule has 118 valence electrons. The Kier molecular flexibility index (Phi) is 5.15. The molecule has 22 heavy (non-hydrogen) atoms. The van der Waals surface area contributed by atoms with Crippen LogP contribution in [-0.4, -0.2) is 4.57 Å². The van der Waals surface area contributed by atoms with E-state index in [1.54, 1.807) is 0 Å². The summed E-state index contributed by atoms with van der Waals surface area (Å²) in [4.78, 5) is 0.